The Balaban J connectivity index is 1.36. The smallest absolute Gasteiger partial charge is 0.248 e. The maximum atomic E-state index is 11.0. The Kier molecular flexibility index (Phi) is 3.92. The predicted molar refractivity (Wildman–Crippen MR) is 77.8 cm³/mol. The number of hydrogen-bond donors (Lipinski definition) is 1. The molecule has 0 radical (unpaired) electrons. The van der Waals surface area contributed by atoms with E-state index in [1.165, 1.54) is 25.8 Å². The van der Waals surface area contributed by atoms with E-state index in [0.717, 1.165) is 37.3 Å². The zero-order valence-electron chi connectivity index (χ0n) is 11.8. The zero-order chi connectivity index (χ0) is 13.9. The van der Waals surface area contributed by atoms with Crippen molar-refractivity contribution in [3.8, 4) is 5.75 Å². The molecule has 1 saturated carbocycles. The van der Waals surface area contributed by atoms with Gasteiger partial charge in [0, 0.05) is 24.7 Å². The van der Waals surface area contributed by atoms with Gasteiger partial charge in [-0.3, -0.25) is 9.69 Å². The van der Waals surface area contributed by atoms with Crippen LogP contribution in [-0.4, -0.2) is 36.5 Å². The number of nitrogens with two attached hydrogens (primary N) is 1. The molecule has 1 heterocycles. The second kappa shape index (κ2) is 5.83. The van der Waals surface area contributed by atoms with Crippen molar-refractivity contribution in [2.45, 2.75) is 31.7 Å². The second-order valence-electron chi connectivity index (χ2n) is 5.84. The van der Waals surface area contributed by atoms with E-state index in [2.05, 4.69) is 4.90 Å². The summed E-state index contributed by atoms with van der Waals surface area (Å²) in [5.74, 6) is 1.38. The van der Waals surface area contributed by atoms with Crippen molar-refractivity contribution in [1.29, 1.82) is 0 Å². The maximum absolute atomic E-state index is 11.0. The highest BCUT2D eigenvalue weighted by Gasteiger charge is 2.41. The van der Waals surface area contributed by atoms with Gasteiger partial charge in [0.25, 0.3) is 0 Å². The Morgan fingerprint density at radius 1 is 1.30 bits per heavy atom. The molecule has 1 aliphatic carbocycles. The van der Waals surface area contributed by atoms with Gasteiger partial charge in [-0.25, -0.2) is 0 Å². The number of rotatable bonds is 6. The number of fused-ring (bicyclic) bond motifs is 1. The van der Waals surface area contributed by atoms with Crippen molar-refractivity contribution in [1.82, 2.24) is 4.90 Å². The molecule has 2 unspecified atom stereocenters. The van der Waals surface area contributed by atoms with E-state index in [1.54, 1.807) is 24.3 Å². The average Bonchev–Trinajstić information content (AvgIpc) is 2.80. The molecule has 3 rings (SSSR count). The minimum absolute atomic E-state index is 0.402. The van der Waals surface area contributed by atoms with Gasteiger partial charge in [-0.2, -0.15) is 0 Å². The Hall–Kier alpha value is -1.55. The van der Waals surface area contributed by atoms with Gasteiger partial charge < -0.3 is 10.5 Å². The Labute approximate surface area is 119 Å². The third kappa shape index (κ3) is 2.80. The summed E-state index contributed by atoms with van der Waals surface area (Å²) in [5, 5.41) is 0. The van der Waals surface area contributed by atoms with Crippen molar-refractivity contribution >= 4 is 5.91 Å². The van der Waals surface area contributed by atoms with E-state index in [9.17, 15) is 4.79 Å². The summed E-state index contributed by atoms with van der Waals surface area (Å²) in [4.78, 5) is 13.5. The molecule has 4 heteroatoms. The lowest BCUT2D eigenvalue weighted by Crippen LogP contribution is -2.53. The number of nitrogens with zero attached hydrogens (tertiary/aromatic N) is 1. The summed E-state index contributed by atoms with van der Waals surface area (Å²) < 4.78 is 5.69. The van der Waals surface area contributed by atoms with Gasteiger partial charge >= 0.3 is 0 Å². The molecule has 0 bridgehead atoms. The van der Waals surface area contributed by atoms with Crippen LogP contribution in [0.3, 0.4) is 0 Å². The SMILES string of the molecule is NC(=O)c1ccc(OCCCN2CC3CCCC32)cc1. The topological polar surface area (TPSA) is 55.6 Å². The van der Waals surface area contributed by atoms with E-state index < -0.39 is 5.91 Å². The first-order valence-electron chi connectivity index (χ1n) is 7.51. The zero-order valence-corrected chi connectivity index (χ0v) is 11.8. The van der Waals surface area contributed by atoms with Crippen LogP contribution in [-0.2, 0) is 0 Å². The third-order valence-electron chi connectivity index (χ3n) is 4.55. The third-order valence-corrected chi connectivity index (χ3v) is 4.55. The van der Waals surface area contributed by atoms with Gasteiger partial charge in [-0.15, -0.1) is 0 Å². The van der Waals surface area contributed by atoms with Crippen LogP contribution in [0.1, 0.15) is 36.0 Å². The largest absolute Gasteiger partial charge is 0.494 e. The molecule has 2 N–H and O–H groups in total. The number of benzene rings is 1. The van der Waals surface area contributed by atoms with Crippen molar-refractivity contribution in [3.05, 3.63) is 29.8 Å². The first-order valence-corrected chi connectivity index (χ1v) is 7.51. The number of carbonyl (C=O) groups excluding carboxylic acids is 1. The van der Waals surface area contributed by atoms with E-state index in [0.29, 0.717) is 5.56 Å². The molecule has 1 aromatic carbocycles. The average molecular weight is 274 g/mol. The van der Waals surface area contributed by atoms with E-state index in [4.69, 9.17) is 10.5 Å². The number of carbonyl (C=O) groups is 1. The van der Waals surface area contributed by atoms with Gasteiger partial charge in [0.05, 0.1) is 6.61 Å². The highest BCUT2D eigenvalue weighted by atomic mass is 16.5. The Morgan fingerprint density at radius 2 is 2.10 bits per heavy atom. The van der Waals surface area contributed by atoms with E-state index in [-0.39, 0.29) is 0 Å². The number of amides is 1. The lowest BCUT2D eigenvalue weighted by atomic mass is 9.92. The Morgan fingerprint density at radius 3 is 2.80 bits per heavy atom. The summed E-state index contributed by atoms with van der Waals surface area (Å²) in [5.41, 5.74) is 5.72. The van der Waals surface area contributed by atoms with Crippen molar-refractivity contribution in [2.24, 2.45) is 11.7 Å². The fraction of sp³-hybridized carbons (Fsp3) is 0.562. The molecule has 1 saturated heterocycles. The van der Waals surface area contributed by atoms with Crippen LogP contribution >= 0.6 is 0 Å². The van der Waals surface area contributed by atoms with E-state index >= 15 is 0 Å². The van der Waals surface area contributed by atoms with Gasteiger partial charge in [0.1, 0.15) is 5.75 Å². The minimum Gasteiger partial charge on any atom is -0.494 e. The minimum atomic E-state index is -0.402. The summed E-state index contributed by atoms with van der Waals surface area (Å²) in [6.45, 7) is 3.16. The molecule has 108 valence electrons. The maximum Gasteiger partial charge on any atom is 0.248 e. The quantitative estimate of drug-likeness (QED) is 0.808. The second-order valence-corrected chi connectivity index (χ2v) is 5.84. The fourth-order valence-electron chi connectivity index (χ4n) is 3.44. The van der Waals surface area contributed by atoms with Crippen LogP contribution in [0.15, 0.2) is 24.3 Å². The Bertz CT molecular complexity index is 472. The van der Waals surface area contributed by atoms with Gasteiger partial charge in [0.2, 0.25) is 5.91 Å². The molecule has 0 aromatic heterocycles. The van der Waals surface area contributed by atoms with Crippen LogP contribution in [0.5, 0.6) is 5.75 Å². The summed E-state index contributed by atoms with van der Waals surface area (Å²) in [7, 11) is 0. The first kappa shape index (κ1) is 13.4. The van der Waals surface area contributed by atoms with Crippen molar-refractivity contribution < 1.29 is 9.53 Å². The molecule has 2 atom stereocenters. The fourth-order valence-corrected chi connectivity index (χ4v) is 3.44. The van der Waals surface area contributed by atoms with Crippen LogP contribution < -0.4 is 10.5 Å². The summed E-state index contributed by atoms with van der Waals surface area (Å²) in [6, 6.07) is 7.88. The van der Waals surface area contributed by atoms with Gasteiger partial charge in [-0.1, -0.05) is 6.42 Å². The molecular formula is C16H22N2O2. The van der Waals surface area contributed by atoms with E-state index in [1.807, 2.05) is 0 Å². The molecule has 1 aliphatic heterocycles. The standard InChI is InChI=1S/C16H22N2O2/c17-16(19)12-5-7-14(8-6-12)20-10-2-9-18-11-13-3-1-4-15(13)18/h5-8,13,15H,1-4,9-11H2,(H2,17,19). The molecule has 4 nitrogen and oxygen atoms in total. The number of primary amides is 1. The van der Waals surface area contributed by atoms with Crippen LogP contribution in [0.2, 0.25) is 0 Å². The first-order chi connectivity index (χ1) is 9.74. The lowest BCUT2D eigenvalue weighted by molar-refractivity contribution is 0.0341. The highest BCUT2D eigenvalue weighted by molar-refractivity contribution is 5.92. The van der Waals surface area contributed by atoms with Crippen molar-refractivity contribution in [3.63, 3.8) is 0 Å². The molecule has 2 fully saturated rings. The summed E-state index contributed by atoms with van der Waals surface area (Å²) >= 11 is 0. The molecule has 1 amide bonds. The normalized spacial score (nSPS) is 25.0. The molecule has 20 heavy (non-hydrogen) atoms. The van der Waals surface area contributed by atoms with Crippen molar-refractivity contribution in [2.75, 3.05) is 19.7 Å². The highest BCUT2D eigenvalue weighted by Crippen LogP contribution is 2.38. The number of likely N-dealkylation sites (tertiary alicyclic amines) is 1. The lowest BCUT2D eigenvalue weighted by Gasteiger charge is -2.44. The van der Waals surface area contributed by atoms with Gasteiger partial charge in [-0.05, 0) is 49.4 Å². The van der Waals surface area contributed by atoms with Crippen LogP contribution in [0.4, 0.5) is 0 Å². The number of hydrogen-bond acceptors (Lipinski definition) is 3. The molecular weight excluding hydrogens is 252 g/mol. The van der Waals surface area contributed by atoms with Gasteiger partial charge in [0.15, 0.2) is 0 Å². The number of ether oxygens (including phenoxy) is 1. The summed E-state index contributed by atoms with van der Waals surface area (Å²) in [6.07, 6.45) is 5.29. The van der Waals surface area contributed by atoms with Crippen LogP contribution in [0, 0.1) is 5.92 Å². The molecule has 0 spiro atoms. The van der Waals surface area contributed by atoms with Crippen LogP contribution in [0.25, 0.3) is 0 Å². The predicted octanol–water partition coefficient (Wildman–Crippen LogP) is 2.04. The molecule has 1 aromatic rings. The monoisotopic (exact) mass is 274 g/mol. The molecule has 2 aliphatic rings.